The molecule has 1 unspecified atom stereocenters. The molecule has 0 radical (unpaired) electrons. The van der Waals surface area contributed by atoms with E-state index in [0.717, 1.165) is 32.1 Å². The van der Waals surface area contributed by atoms with Crippen molar-refractivity contribution in [2.75, 3.05) is 0 Å². The van der Waals surface area contributed by atoms with Gasteiger partial charge < -0.3 is 9.73 Å². The Morgan fingerprint density at radius 3 is 2.59 bits per heavy atom. The molecule has 7 nitrogen and oxygen atoms in total. The van der Waals surface area contributed by atoms with Gasteiger partial charge in [-0.3, -0.25) is 9.59 Å². The summed E-state index contributed by atoms with van der Waals surface area (Å²) in [7, 11) is 0. The van der Waals surface area contributed by atoms with Crippen LogP contribution in [0.5, 0.6) is 0 Å². The summed E-state index contributed by atoms with van der Waals surface area (Å²) in [5.74, 6) is -1.41. The SMILES string of the molecule is CC(C)CC(NC(=O)C1CCCCC1)C(=O)c1n[nH]c(=O)o1.[HH]. The van der Waals surface area contributed by atoms with Crippen LogP contribution in [0.2, 0.25) is 0 Å². The second-order valence-electron chi connectivity index (χ2n) is 6.31. The van der Waals surface area contributed by atoms with E-state index in [1.54, 1.807) is 0 Å². The van der Waals surface area contributed by atoms with E-state index in [0.29, 0.717) is 6.42 Å². The first-order chi connectivity index (χ1) is 10.5. The zero-order chi connectivity index (χ0) is 16.1. The number of nitrogens with one attached hydrogen (secondary N) is 2. The molecular formula is C15H25N3O4. The van der Waals surface area contributed by atoms with Gasteiger partial charge in [-0.1, -0.05) is 33.1 Å². The van der Waals surface area contributed by atoms with E-state index < -0.39 is 17.6 Å². The van der Waals surface area contributed by atoms with Crippen molar-refractivity contribution in [3.05, 3.63) is 16.4 Å². The molecule has 0 aromatic carbocycles. The minimum atomic E-state index is -0.773. The molecule has 0 bridgehead atoms. The minimum Gasteiger partial charge on any atom is -0.384 e. The van der Waals surface area contributed by atoms with Crippen LogP contribution < -0.4 is 11.1 Å². The van der Waals surface area contributed by atoms with Crippen molar-refractivity contribution < 1.29 is 15.4 Å². The summed E-state index contributed by atoms with van der Waals surface area (Å²) in [5.41, 5.74) is 0. The summed E-state index contributed by atoms with van der Waals surface area (Å²) in [6, 6.07) is -0.708. The highest BCUT2D eigenvalue weighted by atomic mass is 16.4. The van der Waals surface area contributed by atoms with Crippen molar-refractivity contribution in [2.24, 2.45) is 11.8 Å². The van der Waals surface area contributed by atoms with Gasteiger partial charge in [0.1, 0.15) is 0 Å². The van der Waals surface area contributed by atoms with Crippen molar-refractivity contribution >= 4 is 11.7 Å². The Morgan fingerprint density at radius 2 is 2.05 bits per heavy atom. The highest BCUT2D eigenvalue weighted by Gasteiger charge is 2.30. The number of hydrogen-bond donors (Lipinski definition) is 2. The molecule has 0 aliphatic heterocycles. The average molecular weight is 311 g/mol. The Labute approximate surface area is 130 Å². The first-order valence-corrected chi connectivity index (χ1v) is 7.87. The first kappa shape index (κ1) is 16.5. The Bertz CT molecular complexity index is 575. The molecule has 2 N–H and O–H groups in total. The number of hydrogen-bond acceptors (Lipinski definition) is 5. The molecule has 22 heavy (non-hydrogen) atoms. The molecule has 1 aromatic heterocycles. The van der Waals surface area contributed by atoms with Gasteiger partial charge in [-0.2, -0.15) is 0 Å². The van der Waals surface area contributed by atoms with Gasteiger partial charge >= 0.3 is 5.76 Å². The lowest BCUT2D eigenvalue weighted by Crippen LogP contribution is -2.45. The van der Waals surface area contributed by atoms with E-state index in [9.17, 15) is 14.4 Å². The predicted octanol–water partition coefficient (Wildman–Crippen LogP) is 1.90. The van der Waals surface area contributed by atoms with Crippen LogP contribution in [-0.4, -0.2) is 27.9 Å². The van der Waals surface area contributed by atoms with E-state index >= 15 is 0 Å². The number of amides is 1. The summed E-state index contributed by atoms with van der Waals surface area (Å²) in [5, 5.41) is 8.45. The second kappa shape index (κ2) is 7.38. The molecule has 1 fully saturated rings. The maximum Gasteiger partial charge on any atom is 0.434 e. The van der Waals surface area contributed by atoms with Gasteiger partial charge in [-0.05, 0) is 25.2 Å². The topological polar surface area (TPSA) is 105 Å². The van der Waals surface area contributed by atoms with Crippen molar-refractivity contribution in [2.45, 2.75) is 58.4 Å². The number of aromatic nitrogens is 2. The third-order valence-corrected chi connectivity index (χ3v) is 3.96. The molecule has 0 spiro atoms. The van der Waals surface area contributed by atoms with E-state index in [2.05, 4.69) is 15.5 Å². The van der Waals surface area contributed by atoms with Crippen LogP contribution in [0.1, 0.15) is 64.5 Å². The fraction of sp³-hybridized carbons (Fsp3) is 0.733. The van der Waals surface area contributed by atoms with Crippen LogP contribution in [0.3, 0.4) is 0 Å². The van der Waals surface area contributed by atoms with Gasteiger partial charge in [-0.25, -0.2) is 9.89 Å². The summed E-state index contributed by atoms with van der Waals surface area (Å²) in [4.78, 5) is 35.7. The number of H-pyrrole nitrogens is 1. The van der Waals surface area contributed by atoms with E-state index in [1.807, 2.05) is 13.8 Å². The van der Waals surface area contributed by atoms with Crippen LogP contribution in [0, 0.1) is 11.8 Å². The van der Waals surface area contributed by atoms with Crippen LogP contribution in [-0.2, 0) is 4.79 Å². The number of carbonyl (C=O) groups is 2. The van der Waals surface area contributed by atoms with Crippen molar-refractivity contribution in [3.63, 3.8) is 0 Å². The minimum absolute atomic E-state index is 0. The molecule has 1 atom stereocenters. The lowest BCUT2D eigenvalue weighted by molar-refractivity contribution is -0.126. The molecule has 1 saturated carbocycles. The molecule has 124 valence electrons. The molecule has 1 amide bonds. The zero-order valence-electron chi connectivity index (χ0n) is 13.1. The highest BCUT2D eigenvalue weighted by molar-refractivity contribution is 5.98. The number of Topliss-reactive ketones (excluding diaryl/α,β-unsaturated/α-hetero) is 1. The third-order valence-electron chi connectivity index (χ3n) is 3.96. The van der Waals surface area contributed by atoms with Gasteiger partial charge in [-0.15, -0.1) is 5.10 Å². The Hall–Kier alpha value is -1.92. The summed E-state index contributed by atoms with van der Waals surface area (Å²) in [6.45, 7) is 3.93. The molecule has 1 aliphatic carbocycles. The number of carbonyl (C=O) groups excluding carboxylic acids is 2. The van der Waals surface area contributed by atoms with Crippen LogP contribution >= 0.6 is 0 Å². The van der Waals surface area contributed by atoms with Gasteiger partial charge in [0.2, 0.25) is 11.7 Å². The highest BCUT2D eigenvalue weighted by Crippen LogP contribution is 2.24. The largest absolute Gasteiger partial charge is 0.434 e. The quantitative estimate of drug-likeness (QED) is 0.781. The Morgan fingerprint density at radius 1 is 1.36 bits per heavy atom. The van der Waals surface area contributed by atoms with E-state index in [-0.39, 0.29) is 25.1 Å². The van der Waals surface area contributed by atoms with Crippen LogP contribution in [0.4, 0.5) is 0 Å². The number of ketones is 1. The molecular weight excluding hydrogens is 286 g/mol. The normalized spacial score (nSPS) is 17.4. The second-order valence-corrected chi connectivity index (χ2v) is 6.31. The van der Waals surface area contributed by atoms with Crippen molar-refractivity contribution in [1.29, 1.82) is 0 Å². The standard InChI is InChI=1S/C15H23N3O4.H2/c1-9(2)8-11(12(19)14-17-18-15(21)22-14)16-13(20)10-6-4-3-5-7-10;/h9-11H,3-8H2,1-2H3,(H,16,20)(H,18,21);1H. The fourth-order valence-corrected chi connectivity index (χ4v) is 2.84. The zero-order valence-corrected chi connectivity index (χ0v) is 13.1. The first-order valence-electron chi connectivity index (χ1n) is 7.87. The fourth-order valence-electron chi connectivity index (χ4n) is 2.84. The number of aromatic amines is 1. The summed E-state index contributed by atoms with van der Waals surface area (Å²) < 4.78 is 4.71. The Kier molecular flexibility index (Phi) is 5.51. The van der Waals surface area contributed by atoms with Crippen molar-refractivity contribution in [1.82, 2.24) is 15.5 Å². The molecule has 7 heteroatoms. The molecule has 2 rings (SSSR count). The summed E-state index contributed by atoms with van der Waals surface area (Å²) in [6.07, 6.45) is 5.48. The molecule has 0 saturated heterocycles. The van der Waals surface area contributed by atoms with Gasteiger partial charge in [0.25, 0.3) is 5.89 Å². The van der Waals surface area contributed by atoms with Gasteiger partial charge in [0.15, 0.2) is 0 Å². The molecule has 1 aliphatic rings. The Balaban J connectivity index is 0.00000264. The third kappa shape index (κ3) is 4.29. The maximum absolute atomic E-state index is 12.4. The number of rotatable bonds is 6. The van der Waals surface area contributed by atoms with Crippen LogP contribution in [0.25, 0.3) is 0 Å². The molecule has 1 heterocycles. The van der Waals surface area contributed by atoms with Gasteiger partial charge in [0.05, 0.1) is 6.04 Å². The summed E-state index contributed by atoms with van der Waals surface area (Å²) >= 11 is 0. The van der Waals surface area contributed by atoms with E-state index in [4.69, 9.17) is 4.42 Å². The smallest absolute Gasteiger partial charge is 0.384 e. The average Bonchev–Trinajstić information content (AvgIpc) is 2.92. The maximum atomic E-state index is 12.4. The van der Waals surface area contributed by atoms with Gasteiger partial charge in [0, 0.05) is 7.34 Å². The lowest BCUT2D eigenvalue weighted by Gasteiger charge is -2.24. The monoisotopic (exact) mass is 311 g/mol. The van der Waals surface area contributed by atoms with E-state index in [1.165, 1.54) is 0 Å². The lowest BCUT2D eigenvalue weighted by atomic mass is 9.88. The van der Waals surface area contributed by atoms with Crippen LogP contribution in [0.15, 0.2) is 9.21 Å². The number of nitrogens with zero attached hydrogens (tertiary/aromatic N) is 1. The molecule has 1 aromatic rings. The van der Waals surface area contributed by atoms with Crippen molar-refractivity contribution in [3.8, 4) is 0 Å². The predicted molar refractivity (Wildman–Crippen MR) is 81.5 cm³/mol.